The maximum atomic E-state index is 11.5. The van der Waals surface area contributed by atoms with Crippen molar-refractivity contribution >= 4 is 23.5 Å². The molecule has 0 aromatic carbocycles. The lowest BCUT2D eigenvalue weighted by atomic mass is 10.2. The summed E-state index contributed by atoms with van der Waals surface area (Å²) >= 11 is 1.17. The van der Waals surface area contributed by atoms with Crippen LogP contribution >= 0.6 is 11.5 Å². The van der Waals surface area contributed by atoms with Crippen molar-refractivity contribution in [1.82, 2.24) is 14.9 Å². The zero-order valence-electron chi connectivity index (χ0n) is 8.39. The number of carbonyl (C=O) groups excluding carboxylic acids is 1. The molecule has 0 unspecified atom stereocenters. The summed E-state index contributed by atoms with van der Waals surface area (Å²) in [6.45, 7) is 3.66. The number of aromatic nitrogens is 2. The summed E-state index contributed by atoms with van der Waals surface area (Å²) in [5.41, 5.74) is 0.562. The van der Waals surface area contributed by atoms with Crippen molar-refractivity contribution in [2.75, 3.05) is 0 Å². The predicted molar refractivity (Wildman–Crippen MR) is 56.8 cm³/mol. The van der Waals surface area contributed by atoms with Gasteiger partial charge >= 0.3 is 0 Å². The van der Waals surface area contributed by atoms with E-state index in [9.17, 15) is 4.79 Å². The minimum Gasteiger partial charge on any atom is -0.349 e. The van der Waals surface area contributed by atoms with Gasteiger partial charge in [0, 0.05) is 11.4 Å². The van der Waals surface area contributed by atoms with Crippen molar-refractivity contribution in [2.45, 2.75) is 19.9 Å². The molecule has 6 heteroatoms. The molecule has 15 heavy (non-hydrogen) atoms. The number of rotatable bonds is 3. The van der Waals surface area contributed by atoms with Gasteiger partial charge in [-0.3, -0.25) is 4.79 Å². The van der Waals surface area contributed by atoms with E-state index in [0.29, 0.717) is 5.69 Å². The number of nitrogens with one attached hydrogen (secondary N) is 1. The van der Waals surface area contributed by atoms with E-state index in [-0.39, 0.29) is 17.5 Å². The molecule has 0 aliphatic heterocycles. The van der Waals surface area contributed by atoms with Gasteiger partial charge < -0.3 is 5.32 Å². The van der Waals surface area contributed by atoms with Crippen LogP contribution < -0.4 is 5.32 Å². The Morgan fingerprint density at radius 2 is 2.47 bits per heavy atom. The lowest BCUT2D eigenvalue weighted by molar-refractivity contribution is -0.117. The second kappa shape index (κ2) is 5.22. The zero-order valence-corrected chi connectivity index (χ0v) is 9.21. The first-order valence-electron chi connectivity index (χ1n) is 4.33. The number of amides is 1. The average molecular weight is 222 g/mol. The van der Waals surface area contributed by atoms with Gasteiger partial charge in [-0.05, 0) is 31.5 Å². The summed E-state index contributed by atoms with van der Waals surface area (Å²) in [6.07, 6.45) is 1.42. The van der Waals surface area contributed by atoms with Gasteiger partial charge in [-0.2, -0.15) is 5.26 Å². The molecule has 0 saturated heterocycles. The van der Waals surface area contributed by atoms with Crippen LogP contribution in [0.5, 0.6) is 0 Å². The molecule has 1 heterocycles. The van der Waals surface area contributed by atoms with Gasteiger partial charge in [0.2, 0.25) is 0 Å². The van der Waals surface area contributed by atoms with Crippen LogP contribution in [-0.4, -0.2) is 21.5 Å². The third-order valence-electron chi connectivity index (χ3n) is 1.45. The third-order valence-corrected chi connectivity index (χ3v) is 1.98. The van der Waals surface area contributed by atoms with Crippen molar-refractivity contribution < 1.29 is 4.79 Å². The van der Waals surface area contributed by atoms with Crippen LogP contribution in [0.1, 0.15) is 19.5 Å². The molecule has 1 aromatic heterocycles. The number of carbonyl (C=O) groups is 1. The summed E-state index contributed by atoms with van der Waals surface area (Å²) in [4.78, 5) is 11.5. The number of hydrogen-bond acceptors (Lipinski definition) is 5. The Morgan fingerprint density at radius 3 is 2.93 bits per heavy atom. The van der Waals surface area contributed by atoms with E-state index in [1.165, 1.54) is 17.6 Å². The second-order valence-corrected chi connectivity index (χ2v) is 3.74. The quantitative estimate of drug-likeness (QED) is 0.610. The minimum atomic E-state index is -0.388. The average Bonchev–Trinajstić information content (AvgIpc) is 2.65. The van der Waals surface area contributed by atoms with E-state index >= 15 is 0 Å². The molecule has 0 aliphatic carbocycles. The Labute approximate surface area is 91.6 Å². The molecular weight excluding hydrogens is 212 g/mol. The van der Waals surface area contributed by atoms with Crippen LogP contribution in [0.15, 0.2) is 11.0 Å². The van der Waals surface area contributed by atoms with Crippen LogP contribution in [0.25, 0.3) is 6.08 Å². The first-order valence-corrected chi connectivity index (χ1v) is 5.17. The molecule has 0 radical (unpaired) electrons. The summed E-state index contributed by atoms with van der Waals surface area (Å²) in [6, 6.07) is 1.83. The van der Waals surface area contributed by atoms with Gasteiger partial charge in [-0.15, -0.1) is 5.10 Å². The molecule has 1 amide bonds. The summed E-state index contributed by atoms with van der Waals surface area (Å²) in [5.74, 6) is -0.388. The van der Waals surface area contributed by atoms with Gasteiger partial charge in [0.05, 0.1) is 5.69 Å². The largest absolute Gasteiger partial charge is 0.349 e. The molecule has 0 aliphatic rings. The van der Waals surface area contributed by atoms with Gasteiger partial charge in [0.15, 0.2) is 0 Å². The maximum absolute atomic E-state index is 11.5. The maximum Gasteiger partial charge on any atom is 0.262 e. The van der Waals surface area contributed by atoms with Crippen molar-refractivity contribution in [3.05, 3.63) is 16.6 Å². The highest BCUT2D eigenvalue weighted by Gasteiger charge is 2.10. The van der Waals surface area contributed by atoms with Gasteiger partial charge in [-0.25, -0.2) is 0 Å². The predicted octanol–water partition coefficient (Wildman–Crippen LogP) is 0.970. The van der Waals surface area contributed by atoms with Gasteiger partial charge in [0.1, 0.15) is 11.6 Å². The van der Waals surface area contributed by atoms with Crippen LogP contribution in [-0.2, 0) is 4.79 Å². The summed E-state index contributed by atoms with van der Waals surface area (Å²) in [5, 5.41) is 16.8. The standard InChI is InChI=1S/C9H10N4OS/c1-6(2)11-9(14)7(4-10)3-8-5-15-13-12-8/h3,5-6H,1-2H3,(H,11,14)/b7-3+. The van der Waals surface area contributed by atoms with E-state index in [1.54, 1.807) is 5.38 Å². The molecule has 0 saturated carbocycles. The van der Waals surface area contributed by atoms with Crippen LogP contribution in [0.4, 0.5) is 0 Å². The van der Waals surface area contributed by atoms with E-state index in [1.807, 2.05) is 19.9 Å². The fourth-order valence-corrected chi connectivity index (χ4v) is 1.28. The highest BCUT2D eigenvalue weighted by molar-refractivity contribution is 7.03. The van der Waals surface area contributed by atoms with Crippen LogP contribution in [0.2, 0.25) is 0 Å². The van der Waals surface area contributed by atoms with Crippen LogP contribution in [0, 0.1) is 11.3 Å². The number of hydrogen-bond donors (Lipinski definition) is 1. The Balaban J connectivity index is 2.81. The SMILES string of the molecule is CC(C)NC(=O)/C(C#N)=C/c1csnn1. The molecule has 0 spiro atoms. The molecule has 0 bridgehead atoms. The third kappa shape index (κ3) is 3.48. The normalized spacial score (nSPS) is 11.2. The number of nitrogens with zero attached hydrogens (tertiary/aromatic N) is 3. The van der Waals surface area contributed by atoms with Gasteiger partial charge in [-0.1, -0.05) is 4.49 Å². The first-order chi connectivity index (χ1) is 7.13. The lowest BCUT2D eigenvalue weighted by Gasteiger charge is -2.06. The van der Waals surface area contributed by atoms with Crippen molar-refractivity contribution in [3.8, 4) is 6.07 Å². The fraction of sp³-hybridized carbons (Fsp3) is 0.333. The zero-order chi connectivity index (χ0) is 11.3. The van der Waals surface area contributed by atoms with E-state index in [4.69, 9.17) is 5.26 Å². The molecular formula is C9H10N4OS. The van der Waals surface area contributed by atoms with Crippen molar-refractivity contribution in [3.63, 3.8) is 0 Å². The molecule has 5 nitrogen and oxygen atoms in total. The fourth-order valence-electron chi connectivity index (χ4n) is 0.871. The molecule has 1 rings (SSSR count). The minimum absolute atomic E-state index is 0.00260. The highest BCUT2D eigenvalue weighted by Crippen LogP contribution is 2.05. The Hall–Kier alpha value is -1.74. The number of nitriles is 1. The highest BCUT2D eigenvalue weighted by atomic mass is 32.1. The molecule has 78 valence electrons. The topological polar surface area (TPSA) is 78.7 Å². The smallest absolute Gasteiger partial charge is 0.262 e. The Bertz CT molecular complexity index is 402. The van der Waals surface area contributed by atoms with Crippen molar-refractivity contribution in [1.29, 1.82) is 5.26 Å². The second-order valence-electron chi connectivity index (χ2n) is 3.13. The summed E-state index contributed by atoms with van der Waals surface area (Å²) in [7, 11) is 0. The first kappa shape index (κ1) is 11.3. The summed E-state index contributed by atoms with van der Waals surface area (Å²) < 4.78 is 3.64. The van der Waals surface area contributed by atoms with Crippen LogP contribution in [0.3, 0.4) is 0 Å². The Morgan fingerprint density at radius 1 is 1.73 bits per heavy atom. The molecule has 1 aromatic rings. The van der Waals surface area contributed by atoms with Crippen molar-refractivity contribution in [2.24, 2.45) is 0 Å². The van der Waals surface area contributed by atoms with E-state index in [2.05, 4.69) is 14.9 Å². The lowest BCUT2D eigenvalue weighted by Crippen LogP contribution is -2.30. The van der Waals surface area contributed by atoms with E-state index in [0.717, 1.165) is 0 Å². The molecule has 1 N–H and O–H groups in total. The molecule has 0 fully saturated rings. The molecule has 0 atom stereocenters. The monoisotopic (exact) mass is 222 g/mol. The van der Waals surface area contributed by atoms with Gasteiger partial charge in [0.25, 0.3) is 5.91 Å². The Kier molecular flexibility index (Phi) is 3.94. The van der Waals surface area contributed by atoms with E-state index < -0.39 is 0 Å².